The molecule has 0 aromatic carbocycles. The fourth-order valence-corrected chi connectivity index (χ4v) is 2.32. The maximum Gasteiger partial charge on any atom is 0.0593 e. The average Bonchev–Trinajstić information content (AvgIpc) is 2.31. The Morgan fingerprint density at radius 2 is 2.18 bits per heavy atom. The molecule has 0 radical (unpaired) electrons. The van der Waals surface area contributed by atoms with Gasteiger partial charge in [-0.15, -0.1) is 0 Å². The second-order valence-corrected chi connectivity index (χ2v) is 5.48. The molecule has 3 nitrogen and oxygen atoms in total. The van der Waals surface area contributed by atoms with Crippen LogP contribution in [0, 0.1) is 5.92 Å². The van der Waals surface area contributed by atoms with Crippen LogP contribution in [0.15, 0.2) is 0 Å². The van der Waals surface area contributed by atoms with Crippen molar-refractivity contribution in [1.29, 1.82) is 0 Å². The van der Waals surface area contributed by atoms with Gasteiger partial charge in [0.1, 0.15) is 0 Å². The number of rotatable bonds is 8. The van der Waals surface area contributed by atoms with E-state index in [0.29, 0.717) is 0 Å². The summed E-state index contributed by atoms with van der Waals surface area (Å²) in [4.78, 5) is 2.59. The van der Waals surface area contributed by atoms with Gasteiger partial charge in [-0.3, -0.25) is 4.90 Å². The van der Waals surface area contributed by atoms with Crippen LogP contribution in [0.25, 0.3) is 0 Å². The molecule has 1 fully saturated rings. The molecule has 0 aromatic heterocycles. The van der Waals surface area contributed by atoms with Crippen LogP contribution in [0.3, 0.4) is 0 Å². The van der Waals surface area contributed by atoms with Crippen LogP contribution < -0.4 is 5.32 Å². The zero-order chi connectivity index (χ0) is 12.5. The molecule has 0 bridgehead atoms. The molecule has 1 unspecified atom stereocenters. The maximum atomic E-state index is 5.71. The fraction of sp³-hybridized carbons (Fsp3) is 1.00. The predicted molar refractivity (Wildman–Crippen MR) is 73.4 cm³/mol. The van der Waals surface area contributed by atoms with Crippen LogP contribution in [0.2, 0.25) is 0 Å². The first kappa shape index (κ1) is 14.9. The van der Waals surface area contributed by atoms with Crippen molar-refractivity contribution < 1.29 is 4.74 Å². The lowest BCUT2D eigenvalue weighted by atomic mass is 10.1. The van der Waals surface area contributed by atoms with E-state index in [1.807, 2.05) is 0 Å². The average molecular weight is 242 g/mol. The Labute approximate surface area is 107 Å². The molecule has 1 saturated heterocycles. The highest BCUT2D eigenvalue weighted by Gasteiger charge is 2.20. The summed E-state index contributed by atoms with van der Waals surface area (Å²) in [6.45, 7) is 13.1. The molecule has 1 aliphatic heterocycles. The lowest BCUT2D eigenvalue weighted by Gasteiger charge is -2.36. The van der Waals surface area contributed by atoms with Gasteiger partial charge in [0.2, 0.25) is 0 Å². The molecule has 0 amide bonds. The van der Waals surface area contributed by atoms with Crippen LogP contribution in [0.4, 0.5) is 0 Å². The Kier molecular flexibility index (Phi) is 7.82. The van der Waals surface area contributed by atoms with E-state index < -0.39 is 0 Å². The lowest BCUT2D eigenvalue weighted by Crippen LogP contribution is -2.52. The van der Waals surface area contributed by atoms with E-state index in [1.165, 1.54) is 25.8 Å². The predicted octanol–water partition coefficient (Wildman–Crippen LogP) is 2.12. The standard InChI is InChI=1S/C14H30N2O/c1-4-5-14-12-15-7-8-16(14)9-11-17-10-6-13(2)3/h13-15H,4-12H2,1-3H3. The fourth-order valence-electron chi connectivity index (χ4n) is 2.32. The highest BCUT2D eigenvalue weighted by Crippen LogP contribution is 2.09. The largest absolute Gasteiger partial charge is 0.380 e. The number of nitrogens with zero attached hydrogens (tertiary/aromatic N) is 1. The van der Waals surface area contributed by atoms with Gasteiger partial charge in [0.05, 0.1) is 6.61 Å². The summed E-state index contributed by atoms with van der Waals surface area (Å²) in [5.74, 6) is 0.752. The molecule has 0 saturated carbocycles. The SMILES string of the molecule is CCCC1CNCCN1CCOCCC(C)C. The summed E-state index contributed by atoms with van der Waals surface area (Å²) in [5.41, 5.74) is 0. The van der Waals surface area contributed by atoms with Gasteiger partial charge < -0.3 is 10.1 Å². The van der Waals surface area contributed by atoms with Crippen molar-refractivity contribution >= 4 is 0 Å². The van der Waals surface area contributed by atoms with Crippen molar-refractivity contribution in [3.05, 3.63) is 0 Å². The zero-order valence-corrected chi connectivity index (χ0v) is 11.9. The zero-order valence-electron chi connectivity index (χ0n) is 11.9. The molecule has 1 N–H and O–H groups in total. The number of hydrogen-bond acceptors (Lipinski definition) is 3. The topological polar surface area (TPSA) is 24.5 Å². The first-order valence-corrected chi connectivity index (χ1v) is 7.26. The Morgan fingerprint density at radius 1 is 1.35 bits per heavy atom. The number of nitrogens with one attached hydrogen (secondary N) is 1. The Bertz CT molecular complexity index is 183. The number of ether oxygens (including phenoxy) is 1. The van der Waals surface area contributed by atoms with Gasteiger partial charge in [-0.05, 0) is 18.8 Å². The van der Waals surface area contributed by atoms with Crippen LogP contribution in [0.5, 0.6) is 0 Å². The van der Waals surface area contributed by atoms with Crippen LogP contribution >= 0.6 is 0 Å². The van der Waals surface area contributed by atoms with Gasteiger partial charge in [0.25, 0.3) is 0 Å². The summed E-state index contributed by atoms with van der Waals surface area (Å²) in [5, 5.41) is 3.48. The Morgan fingerprint density at radius 3 is 2.88 bits per heavy atom. The van der Waals surface area contributed by atoms with Crippen LogP contribution in [0.1, 0.15) is 40.0 Å². The van der Waals surface area contributed by atoms with E-state index in [9.17, 15) is 0 Å². The van der Waals surface area contributed by atoms with Crippen molar-refractivity contribution in [3.8, 4) is 0 Å². The summed E-state index contributed by atoms with van der Waals surface area (Å²) < 4.78 is 5.71. The quantitative estimate of drug-likeness (QED) is 0.660. The monoisotopic (exact) mass is 242 g/mol. The summed E-state index contributed by atoms with van der Waals surface area (Å²) in [7, 11) is 0. The van der Waals surface area contributed by atoms with Crippen LogP contribution in [-0.4, -0.2) is 50.3 Å². The number of hydrogen-bond donors (Lipinski definition) is 1. The Hall–Kier alpha value is -0.120. The molecular weight excluding hydrogens is 212 g/mol. The van der Waals surface area contributed by atoms with Gasteiger partial charge in [-0.1, -0.05) is 27.2 Å². The van der Waals surface area contributed by atoms with Crippen molar-refractivity contribution in [1.82, 2.24) is 10.2 Å². The number of piperazine rings is 1. The van der Waals surface area contributed by atoms with Crippen molar-refractivity contribution in [2.75, 3.05) is 39.4 Å². The molecule has 1 atom stereocenters. The summed E-state index contributed by atoms with van der Waals surface area (Å²) in [6, 6.07) is 0.724. The molecule has 17 heavy (non-hydrogen) atoms. The third-order valence-electron chi connectivity index (χ3n) is 3.46. The molecular formula is C14H30N2O. The lowest BCUT2D eigenvalue weighted by molar-refractivity contribution is 0.0695. The normalized spacial score (nSPS) is 22.2. The molecule has 3 heteroatoms. The summed E-state index contributed by atoms with van der Waals surface area (Å²) in [6.07, 6.45) is 3.76. The van der Waals surface area contributed by atoms with Gasteiger partial charge in [-0.2, -0.15) is 0 Å². The minimum absolute atomic E-state index is 0.724. The van der Waals surface area contributed by atoms with Crippen LogP contribution in [-0.2, 0) is 4.74 Å². The van der Waals surface area contributed by atoms with Crippen molar-refractivity contribution in [3.63, 3.8) is 0 Å². The van der Waals surface area contributed by atoms with E-state index in [1.54, 1.807) is 0 Å². The van der Waals surface area contributed by atoms with Gasteiger partial charge >= 0.3 is 0 Å². The second kappa shape index (κ2) is 8.90. The van der Waals surface area contributed by atoms with Gasteiger partial charge in [0.15, 0.2) is 0 Å². The van der Waals surface area contributed by atoms with E-state index in [2.05, 4.69) is 31.0 Å². The molecule has 1 rings (SSSR count). The molecule has 0 aliphatic carbocycles. The molecule has 1 aliphatic rings. The third kappa shape index (κ3) is 6.39. The van der Waals surface area contributed by atoms with E-state index in [4.69, 9.17) is 4.74 Å². The summed E-state index contributed by atoms with van der Waals surface area (Å²) >= 11 is 0. The smallest absolute Gasteiger partial charge is 0.0593 e. The maximum absolute atomic E-state index is 5.71. The third-order valence-corrected chi connectivity index (χ3v) is 3.46. The molecule has 0 spiro atoms. The minimum Gasteiger partial charge on any atom is -0.380 e. The Balaban J connectivity index is 2.10. The molecule has 102 valence electrons. The highest BCUT2D eigenvalue weighted by atomic mass is 16.5. The van der Waals surface area contributed by atoms with E-state index >= 15 is 0 Å². The van der Waals surface area contributed by atoms with Gasteiger partial charge in [0, 0.05) is 38.8 Å². The highest BCUT2D eigenvalue weighted by molar-refractivity contribution is 4.79. The second-order valence-electron chi connectivity index (χ2n) is 5.48. The van der Waals surface area contributed by atoms with Crippen molar-refractivity contribution in [2.24, 2.45) is 5.92 Å². The van der Waals surface area contributed by atoms with Gasteiger partial charge in [-0.25, -0.2) is 0 Å². The minimum atomic E-state index is 0.724. The van der Waals surface area contributed by atoms with E-state index in [-0.39, 0.29) is 0 Å². The van der Waals surface area contributed by atoms with E-state index in [0.717, 1.165) is 44.8 Å². The molecule has 0 aromatic rings. The first-order chi connectivity index (χ1) is 8.24. The molecule has 1 heterocycles. The van der Waals surface area contributed by atoms with Crippen molar-refractivity contribution in [2.45, 2.75) is 46.1 Å². The first-order valence-electron chi connectivity index (χ1n) is 7.26.